The minimum Gasteiger partial charge on any atom is -0.494 e. The molecule has 0 aliphatic carbocycles. The Morgan fingerprint density at radius 3 is 2.91 bits per heavy atom. The standard InChI is InChI=1S/C19H23NO3/c1-4-7-9-16-15-17(11-12-18(16)20-13-5-2)23-14-8-10-19(21)22-6-3/h2,7,9,11-13,15H,4,6,8,10,14H2,1,3H3/b9-7-,20-13+. The van der Waals surface area contributed by atoms with Crippen molar-refractivity contribution in [3.05, 3.63) is 29.8 Å². The van der Waals surface area contributed by atoms with Crippen LogP contribution in [0.3, 0.4) is 0 Å². The molecule has 0 amide bonds. The Labute approximate surface area is 138 Å². The van der Waals surface area contributed by atoms with E-state index in [4.69, 9.17) is 15.9 Å². The molecule has 0 unspecified atom stereocenters. The third-order valence-corrected chi connectivity index (χ3v) is 2.91. The summed E-state index contributed by atoms with van der Waals surface area (Å²) >= 11 is 0. The van der Waals surface area contributed by atoms with E-state index in [0.717, 1.165) is 23.4 Å². The van der Waals surface area contributed by atoms with Crippen LogP contribution in [0, 0.1) is 12.3 Å². The van der Waals surface area contributed by atoms with Crippen molar-refractivity contribution in [1.29, 1.82) is 0 Å². The highest BCUT2D eigenvalue weighted by atomic mass is 16.5. The number of aliphatic imine (C=N–C) groups is 1. The average Bonchev–Trinajstić information content (AvgIpc) is 2.56. The molecule has 0 spiro atoms. The summed E-state index contributed by atoms with van der Waals surface area (Å²) in [6.07, 6.45) is 12.6. The van der Waals surface area contributed by atoms with E-state index in [-0.39, 0.29) is 5.97 Å². The topological polar surface area (TPSA) is 47.9 Å². The molecule has 0 saturated carbocycles. The Morgan fingerprint density at radius 1 is 1.39 bits per heavy atom. The number of allylic oxidation sites excluding steroid dienone is 1. The van der Waals surface area contributed by atoms with Crippen molar-refractivity contribution < 1.29 is 14.3 Å². The molecule has 0 aromatic heterocycles. The molecular weight excluding hydrogens is 290 g/mol. The van der Waals surface area contributed by atoms with E-state index >= 15 is 0 Å². The first-order chi connectivity index (χ1) is 11.2. The summed E-state index contributed by atoms with van der Waals surface area (Å²) in [6.45, 7) is 4.73. The van der Waals surface area contributed by atoms with Crippen LogP contribution < -0.4 is 4.74 Å². The van der Waals surface area contributed by atoms with E-state index in [1.807, 2.05) is 24.3 Å². The molecule has 0 aliphatic heterocycles. The number of ether oxygens (including phenoxy) is 2. The maximum atomic E-state index is 11.3. The van der Waals surface area contributed by atoms with Gasteiger partial charge in [0.05, 0.1) is 25.1 Å². The zero-order valence-electron chi connectivity index (χ0n) is 13.7. The summed E-state index contributed by atoms with van der Waals surface area (Å²) in [7, 11) is 0. The van der Waals surface area contributed by atoms with Gasteiger partial charge in [0.2, 0.25) is 0 Å². The predicted molar refractivity (Wildman–Crippen MR) is 94.1 cm³/mol. The molecule has 0 fully saturated rings. The molecule has 1 aromatic carbocycles. The van der Waals surface area contributed by atoms with Crippen LogP contribution in [0.1, 0.15) is 38.7 Å². The fourth-order valence-corrected chi connectivity index (χ4v) is 1.86. The zero-order chi connectivity index (χ0) is 16.9. The van der Waals surface area contributed by atoms with Crippen LogP contribution >= 0.6 is 0 Å². The fourth-order valence-electron chi connectivity index (χ4n) is 1.86. The van der Waals surface area contributed by atoms with Crippen molar-refractivity contribution in [3.63, 3.8) is 0 Å². The van der Waals surface area contributed by atoms with Crippen LogP contribution in [0.4, 0.5) is 5.69 Å². The van der Waals surface area contributed by atoms with Crippen molar-refractivity contribution in [2.24, 2.45) is 4.99 Å². The second kappa shape index (κ2) is 11.1. The monoisotopic (exact) mass is 313 g/mol. The van der Waals surface area contributed by atoms with Crippen molar-refractivity contribution in [1.82, 2.24) is 0 Å². The Kier molecular flexibility index (Phi) is 8.92. The van der Waals surface area contributed by atoms with Crippen molar-refractivity contribution in [3.8, 4) is 18.1 Å². The number of carbonyl (C=O) groups excluding carboxylic acids is 1. The Bertz CT molecular complexity index is 597. The van der Waals surface area contributed by atoms with Gasteiger partial charge in [-0.15, -0.1) is 6.42 Å². The van der Waals surface area contributed by atoms with Crippen LogP contribution in [0.5, 0.6) is 5.75 Å². The molecule has 0 aliphatic rings. The number of esters is 1. The number of nitrogens with zero attached hydrogens (tertiary/aromatic N) is 1. The summed E-state index contributed by atoms with van der Waals surface area (Å²) < 4.78 is 10.6. The van der Waals surface area contributed by atoms with Gasteiger partial charge in [-0.2, -0.15) is 0 Å². The number of terminal acetylenes is 1. The quantitative estimate of drug-likeness (QED) is 0.297. The molecule has 1 aromatic rings. The lowest BCUT2D eigenvalue weighted by Crippen LogP contribution is -2.06. The lowest BCUT2D eigenvalue weighted by Gasteiger charge is -2.08. The molecule has 1 rings (SSSR count). The molecule has 4 nitrogen and oxygen atoms in total. The Balaban J connectivity index is 2.66. The third kappa shape index (κ3) is 7.32. The van der Waals surface area contributed by atoms with Gasteiger partial charge in [-0.1, -0.05) is 25.0 Å². The number of hydrogen-bond acceptors (Lipinski definition) is 4. The van der Waals surface area contributed by atoms with Crippen LogP contribution in [-0.2, 0) is 9.53 Å². The van der Waals surface area contributed by atoms with E-state index < -0.39 is 0 Å². The van der Waals surface area contributed by atoms with E-state index in [9.17, 15) is 4.79 Å². The van der Waals surface area contributed by atoms with Gasteiger partial charge >= 0.3 is 5.97 Å². The summed E-state index contributed by atoms with van der Waals surface area (Å²) in [5.41, 5.74) is 1.74. The lowest BCUT2D eigenvalue weighted by molar-refractivity contribution is -0.143. The molecule has 0 atom stereocenters. The van der Waals surface area contributed by atoms with E-state index in [2.05, 4.69) is 23.9 Å². The minimum absolute atomic E-state index is 0.193. The predicted octanol–water partition coefficient (Wildman–Crippen LogP) is 4.17. The Morgan fingerprint density at radius 2 is 2.22 bits per heavy atom. The molecule has 0 heterocycles. The van der Waals surface area contributed by atoms with Crippen LogP contribution in [0.25, 0.3) is 6.08 Å². The van der Waals surface area contributed by atoms with Gasteiger partial charge in [0.1, 0.15) is 5.75 Å². The van der Waals surface area contributed by atoms with Gasteiger partial charge < -0.3 is 9.47 Å². The average molecular weight is 313 g/mol. The van der Waals surface area contributed by atoms with Crippen molar-refractivity contribution in [2.75, 3.05) is 13.2 Å². The molecule has 0 N–H and O–H groups in total. The number of hydrogen-bond donors (Lipinski definition) is 0. The summed E-state index contributed by atoms with van der Waals surface area (Å²) in [6, 6.07) is 5.63. The smallest absolute Gasteiger partial charge is 0.305 e. The summed E-state index contributed by atoms with van der Waals surface area (Å²) in [5.74, 6) is 2.93. The van der Waals surface area contributed by atoms with Gasteiger partial charge in [0.25, 0.3) is 0 Å². The van der Waals surface area contributed by atoms with Gasteiger partial charge in [-0.25, -0.2) is 4.99 Å². The van der Waals surface area contributed by atoms with Crippen molar-refractivity contribution >= 4 is 23.9 Å². The second-order valence-corrected chi connectivity index (χ2v) is 4.71. The first kappa shape index (κ1) is 18.5. The Hall–Kier alpha value is -2.54. The second-order valence-electron chi connectivity index (χ2n) is 4.71. The SMILES string of the molecule is C#C/C=N/c1ccc(OCCCC(=O)OCC)cc1/C=C\CC. The van der Waals surface area contributed by atoms with E-state index in [1.54, 1.807) is 6.92 Å². The highest BCUT2D eigenvalue weighted by Gasteiger charge is 2.04. The molecule has 0 saturated heterocycles. The highest BCUT2D eigenvalue weighted by Crippen LogP contribution is 2.26. The first-order valence-electron chi connectivity index (χ1n) is 7.78. The largest absolute Gasteiger partial charge is 0.494 e. The van der Waals surface area contributed by atoms with Crippen LogP contribution in [0.15, 0.2) is 29.3 Å². The highest BCUT2D eigenvalue weighted by molar-refractivity contribution is 5.81. The normalized spacial score (nSPS) is 10.8. The molecule has 122 valence electrons. The lowest BCUT2D eigenvalue weighted by atomic mass is 10.1. The van der Waals surface area contributed by atoms with E-state index in [1.165, 1.54) is 6.21 Å². The molecule has 0 bridgehead atoms. The number of carbonyl (C=O) groups is 1. The fraction of sp³-hybridized carbons (Fsp3) is 0.368. The van der Waals surface area contributed by atoms with Gasteiger partial charge in [-0.3, -0.25) is 4.79 Å². The maximum absolute atomic E-state index is 11.3. The minimum atomic E-state index is -0.193. The van der Waals surface area contributed by atoms with Crippen LogP contribution in [-0.4, -0.2) is 25.4 Å². The van der Waals surface area contributed by atoms with Gasteiger partial charge in [0.15, 0.2) is 0 Å². The summed E-state index contributed by atoms with van der Waals surface area (Å²) in [4.78, 5) is 15.5. The third-order valence-electron chi connectivity index (χ3n) is 2.91. The molecule has 0 radical (unpaired) electrons. The maximum Gasteiger partial charge on any atom is 0.305 e. The van der Waals surface area contributed by atoms with Gasteiger partial charge in [0, 0.05) is 12.0 Å². The molecular formula is C19H23NO3. The first-order valence-corrected chi connectivity index (χ1v) is 7.78. The molecule has 4 heteroatoms. The van der Waals surface area contributed by atoms with Crippen molar-refractivity contribution in [2.45, 2.75) is 33.1 Å². The molecule has 23 heavy (non-hydrogen) atoms. The van der Waals surface area contributed by atoms with E-state index in [0.29, 0.717) is 26.1 Å². The number of benzene rings is 1. The van der Waals surface area contributed by atoms with Crippen LogP contribution in [0.2, 0.25) is 0 Å². The van der Waals surface area contributed by atoms with Gasteiger partial charge in [-0.05, 0) is 38.0 Å². The summed E-state index contributed by atoms with van der Waals surface area (Å²) in [5, 5.41) is 0. The number of rotatable bonds is 9. The zero-order valence-corrected chi connectivity index (χ0v) is 13.7.